The molecule has 8 heteroatoms. The van der Waals surface area contributed by atoms with Gasteiger partial charge in [0, 0.05) is 27.3 Å². The van der Waals surface area contributed by atoms with E-state index in [1.54, 1.807) is 12.1 Å². The van der Waals surface area contributed by atoms with E-state index in [1.165, 1.54) is 22.3 Å². The second-order valence-corrected chi connectivity index (χ2v) is 16.6. The number of anilines is 3. The summed E-state index contributed by atoms with van der Waals surface area (Å²) in [6.07, 6.45) is 0. The minimum atomic E-state index is -0.220. The largest absolute Gasteiger partial charge is 0.506 e. The first kappa shape index (κ1) is 34.6. The van der Waals surface area contributed by atoms with E-state index in [-0.39, 0.29) is 11.2 Å². The van der Waals surface area contributed by atoms with Crippen molar-refractivity contribution in [2.24, 2.45) is 0 Å². The summed E-state index contributed by atoms with van der Waals surface area (Å²) in [5.74, 6) is 4.40. The zero-order valence-electron chi connectivity index (χ0n) is 33.7. The quantitative estimate of drug-likeness (QED) is 0.190. The van der Waals surface area contributed by atoms with Gasteiger partial charge in [-0.1, -0.05) is 123 Å². The summed E-state index contributed by atoms with van der Waals surface area (Å²) in [7, 11) is 0. The topological polar surface area (TPSA) is 85.5 Å². The summed E-state index contributed by atoms with van der Waals surface area (Å²) in [5, 5.41) is 13.3. The average Bonchev–Trinajstić information content (AvgIpc) is 3.75. The van der Waals surface area contributed by atoms with E-state index in [0.717, 1.165) is 55.4 Å². The van der Waals surface area contributed by atoms with Crippen molar-refractivity contribution in [2.45, 2.75) is 19.3 Å². The molecule has 1 N–H and O–H groups in total. The molecule has 0 bridgehead atoms. The number of nitrogens with zero attached hydrogens (tertiary/aromatic N) is 5. The van der Waals surface area contributed by atoms with E-state index >= 15 is 0 Å². The smallest absolute Gasteiger partial charge is 0.238 e. The van der Waals surface area contributed by atoms with Crippen molar-refractivity contribution in [3.05, 3.63) is 181 Å². The lowest BCUT2D eigenvalue weighted by atomic mass is 9.82. The molecule has 0 radical (unpaired) electrons. The lowest BCUT2D eigenvalue weighted by Gasteiger charge is -2.38. The zero-order valence-corrected chi connectivity index (χ0v) is 33.7. The highest BCUT2D eigenvalue weighted by Crippen LogP contribution is 2.62. The van der Waals surface area contributed by atoms with Crippen LogP contribution in [0.2, 0.25) is 0 Å². The molecule has 0 saturated heterocycles. The second-order valence-electron chi connectivity index (χ2n) is 16.6. The molecule has 294 valence electrons. The Hall–Kier alpha value is -8.23. The number of fused-ring (bicyclic) bond motifs is 10. The van der Waals surface area contributed by atoms with Gasteiger partial charge in [0.15, 0.2) is 34.6 Å². The average molecular weight is 802 g/mol. The van der Waals surface area contributed by atoms with Gasteiger partial charge in [-0.15, -0.1) is 0 Å². The number of phenolic OH excluding ortho intramolecular Hbond substituents is 1. The van der Waals surface area contributed by atoms with Crippen molar-refractivity contribution < 1.29 is 14.6 Å². The number of aromatic nitrogens is 4. The summed E-state index contributed by atoms with van der Waals surface area (Å²) in [6.45, 7) is 4.62. The van der Waals surface area contributed by atoms with Crippen molar-refractivity contribution in [2.75, 3.05) is 4.90 Å². The predicted octanol–water partition coefficient (Wildman–Crippen LogP) is 13.7. The summed E-state index contributed by atoms with van der Waals surface area (Å²) in [4.78, 5) is 17.5. The fourth-order valence-corrected chi connectivity index (χ4v) is 9.77. The van der Waals surface area contributed by atoms with Crippen LogP contribution in [-0.2, 0) is 5.41 Å². The van der Waals surface area contributed by atoms with E-state index in [1.807, 2.05) is 95.9 Å². The normalized spacial score (nSPS) is 13.7. The first-order valence-electron chi connectivity index (χ1n) is 20.7. The lowest BCUT2D eigenvalue weighted by Crippen LogP contribution is -2.20. The zero-order chi connectivity index (χ0) is 41.3. The van der Waals surface area contributed by atoms with Crippen molar-refractivity contribution in [3.63, 3.8) is 0 Å². The molecular formula is C54H35N5O3. The molecule has 0 unspecified atom stereocenters. The molecule has 8 aromatic carbocycles. The van der Waals surface area contributed by atoms with Gasteiger partial charge in [-0.2, -0.15) is 9.97 Å². The van der Waals surface area contributed by atoms with E-state index in [2.05, 4.69) is 85.1 Å². The molecule has 0 atom stereocenters. The first-order valence-corrected chi connectivity index (χ1v) is 20.7. The number of hydrogen-bond acceptors (Lipinski definition) is 7. The third-order valence-electron chi connectivity index (χ3n) is 12.7. The summed E-state index contributed by atoms with van der Waals surface area (Å²) < 4.78 is 15.4. The SMILES string of the molecule is CC1(C)c2ccccc2-c2cc3c4cc(-c5cc6c7c(c5)Oc5cccc(O)c5N7c5ccccc5O6)ccc4n(-c4nc(-c5ccccc5)nc(-c5ccccc5)n4)c3cc21. The standard InChI is InChI=1S/C54H35N5O3/c1-54(2)39-19-10-9-18-35(39)36-29-38-37-26-33(34-27-47-50-48(28-34)62-46-23-13-21-44(60)49(46)59(50)42-20-11-12-22-45(42)61-47)24-25-41(37)58(43(38)30-40(36)54)53-56-51(31-14-5-3-6-15-31)55-52(57-53)32-16-7-4-8-17-32/h3-30,60H,1-2H3. The summed E-state index contributed by atoms with van der Waals surface area (Å²) in [6, 6.07) is 57.6. The maximum atomic E-state index is 11.1. The molecule has 4 heterocycles. The minimum Gasteiger partial charge on any atom is -0.506 e. The Morgan fingerprint density at radius 2 is 1.11 bits per heavy atom. The Labute approximate surface area is 356 Å². The first-order chi connectivity index (χ1) is 30.4. The third-order valence-corrected chi connectivity index (χ3v) is 12.7. The molecule has 0 spiro atoms. The molecule has 2 aromatic heterocycles. The maximum absolute atomic E-state index is 11.1. The van der Waals surface area contributed by atoms with Gasteiger partial charge in [-0.25, -0.2) is 4.98 Å². The lowest BCUT2D eigenvalue weighted by molar-refractivity contribution is 0.434. The number of ether oxygens (including phenoxy) is 2. The maximum Gasteiger partial charge on any atom is 0.238 e. The molecule has 8 nitrogen and oxygen atoms in total. The van der Waals surface area contributed by atoms with Gasteiger partial charge in [0.2, 0.25) is 5.95 Å². The number of benzene rings is 8. The van der Waals surface area contributed by atoms with E-state index < -0.39 is 0 Å². The van der Waals surface area contributed by atoms with Gasteiger partial charge in [0.05, 0.1) is 16.7 Å². The highest BCUT2D eigenvalue weighted by atomic mass is 16.5. The van der Waals surface area contributed by atoms with Crippen LogP contribution in [0, 0.1) is 0 Å². The Kier molecular flexibility index (Phi) is 7.06. The van der Waals surface area contributed by atoms with Gasteiger partial charge >= 0.3 is 0 Å². The van der Waals surface area contributed by atoms with Crippen molar-refractivity contribution in [1.29, 1.82) is 0 Å². The monoisotopic (exact) mass is 801 g/mol. The van der Waals surface area contributed by atoms with Crippen LogP contribution < -0.4 is 14.4 Å². The van der Waals surface area contributed by atoms with Gasteiger partial charge in [0.25, 0.3) is 0 Å². The molecule has 0 fully saturated rings. The molecule has 0 saturated carbocycles. The predicted molar refractivity (Wildman–Crippen MR) is 245 cm³/mol. The van der Waals surface area contributed by atoms with Crippen molar-refractivity contribution in [3.8, 4) is 79.7 Å². The number of phenols is 1. The van der Waals surface area contributed by atoms with Crippen LogP contribution in [0.5, 0.6) is 28.7 Å². The Bertz CT molecular complexity index is 3450. The Morgan fingerprint density at radius 3 is 1.87 bits per heavy atom. The van der Waals surface area contributed by atoms with Gasteiger partial charge in [-0.3, -0.25) is 9.47 Å². The van der Waals surface area contributed by atoms with Crippen LogP contribution in [0.4, 0.5) is 17.1 Å². The number of aromatic hydroxyl groups is 1. The van der Waals surface area contributed by atoms with Crippen LogP contribution in [0.3, 0.4) is 0 Å². The van der Waals surface area contributed by atoms with Gasteiger partial charge in [-0.05, 0) is 94.0 Å². The molecule has 1 aliphatic carbocycles. The molecule has 13 rings (SSSR count). The fraction of sp³-hybridized carbons (Fsp3) is 0.0556. The van der Waals surface area contributed by atoms with Gasteiger partial charge in [0.1, 0.15) is 17.1 Å². The fourth-order valence-electron chi connectivity index (χ4n) is 9.77. The molecule has 0 amide bonds. The Balaban J connectivity index is 1.06. The number of para-hydroxylation sites is 3. The molecule has 10 aromatic rings. The highest BCUT2D eigenvalue weighted by Gasteiger charge is 2.38. The molecule has 3 aliphatic rings. The van der Waals surface area contributed by atoms with E-state index in [9.17, 15) is 5.11 Å². The Morgan fingerprint density at radius 1 is 0.468 bits per heavy atom. The van der Waals surface area contributed by atoms with E-state index in [4.69, 9.17) is 24.4 Å². The van der Waals surface area contributed by atoms with Crippen LogP contribution in [0.15, 0.2) is 170 Å². The van der Waals surface area contributed by atoms with Crippen LogP contribution >= 0.6 is 0 Å². The van der Waals surface area contributed by atoms with Crippen LogP contribution in [-0.4, -0.2) is 24.6 Å². The minimum absolute atomic E-state index is 0.129. The van der Waals surface area contributed by atoms with Crippen LogP contribution in [0.1, 0.15) is 25.0 Å². The van der Waals surface area contributed by atoms with E-state index in [0.29, 0.717) is 46.3 Å². The van der Waals surface area contributed by atoms with Crippen LogP contribution in [0.25, 0.3) is 72.8 Å². The third kappa shape index (κ3) is 4.92. The number of hydrogen-bond donors (Lipinski definition) is 1. The molecule has 62 heavy (non-hydrogen) atoms. The summed E-state index contributed by atoms with van der Waals surface area (Å²) in [5.41, 5.74) is 12.7. The highest BCUT2D eigenvalue weighted by molar-refractivity contribution is 6.13. The molecule has 2 aliphatic heterocycles. The number of rotatable bonds is 4. The van der Waals surface area contributed by atoms with Crippen molar-refractivity contribution in [1.82, 2.24) is 19.5 Å². The second kappa shape index (κ2) is 12.6. The summed E-state index contributed by atoms with van der Waals surface area (Å²) >= 11 is 0. The van der Waals surface area contributed by atoms with Crippen molar-refractivity contribution >= 4 is 38.9 Å². The van der Waals surface area contributed by atoms with Gasteiger partial charge < -0.3 is 14.6 Å². The molecular weight excluding hydrogens is 767 g/mol.